The molecular weight excluding hydrogens is 368 g/mol. The number of hydrogen-bond acceptors (Lipinski definition) is 3. The lowest BCUT2D eigenvalue weighted by molar-refractivity contribution is 0.601. The average Bonchev–Trinajstić information content (AvgIpc) is 3.35. The summed E-state index contributed by atoms with van der Waals surface area (Å²) in [5, 5.41) is 0. The standard InChI is InChI=1S/C23H22N2O2S/c26-28(27,24-19-7-5-8-20(16-19)25-12-3-4-13-25)21-10-11-23-18(15-21)14-17-6-1-2-9-22(17)23/h1-2,5-11,15-16,24H,3-4,12-14H2. The van der Waals surface area contributed by atoms with E-state index < -0.39 is 10.0 Å². The molecule has 5 heteroatoms. The second-order valence-electron chi connectivity index (χ2n) is 7.50. The molecule has 2 aliphatic rings. The molecule has 1 saturated heterocycles. The fraction of sp³-hybridized carbons (Fsp3) is 0.217. The van der Waals surface area contributed by atoms with Gasteiger partial charge in [-0.2, -0.15) is 0 Å². The normalized spacial score (nSPS) is 15.4. The van der Waals surface area contributed by atoms with Crippen LogP contribution in [0.2, 0.25) is 0 Å². The van der Waals surface area contributed by atoms with Crippen LogP contribution in [0.1, 0.15) is 24.0 Å². The SMILES string of the molecule is O=S(=O)(Nc1cccc(N2CCCC2)c1)c1ccc2c(c1)Cc1ccccc1-2. The summed E-state index contributed by atoms with van der Waals surface area (Å²) < 4.78 is 28.7. The first-order valence-electron chi connectivity index (χ1n) is 9.69. The van der Waals surface area contributed by atoms with Crippen LogP contribution >= 0.6 is 0 Å². The Balaban J connectivity index is 1.42. The molecule has 0 radical (unpaired) electrons. The lowest BCUT2D eigenvalue weighted by Crippen LogP contribution is -2.18. The van der Waals surface area contributed by atoms with E-state index in [1.165, 1.54) is 24.0 Å². The van der Waals surface area contributed by atoms with Crippen LogP contribution < -0.4 is 9.62 Å². The van der Waals surface area contributed by atoms with E-state index in [0.29, 0.717) is 10.6 Å². The van der Waals surface area contributed by atoms with Crippen molar-refractivity contribution in [3.8, 4) is 11.1 Å². The van der Waals surface area contributed by atoms with Gasteiger partial charge in [-0.05, 0) is 71.8 Å². The summed E-state index contributed by atoms with van der Waals surface area (Å²) in [4.78, 5) is 2.61. The van der Waals surface area contributed by atoms with Crippen molar-refractivity contribution >= 4 is 21.4 Å². The molecule has 1 aliphatic carbocycles. The fourth-order valence-corrected chi connectivity index (χ4v) is 5.34. The first kappa shape index (κ1) is 17.3. The molecule has 1 N–H and O–H groups in total. The largest absolute Gasteiger partial charge is 0.371 e. The predicted octanol–water partition coefficient (Wildman–Crippen LogP) is 4.66. The van der Waals surface area contributed by atoms with Gasteiger partial charge in [-0.1, -0.05) is 36.4 Å². The Morgan fingerprint density at radius 1 is 0.786 bits per heavy atom. The fourth-order valence-electron chi connectivity index (χ4n) is 4.24. The van der Waals surface area contributed by atoms with Gasteiger partial charge in [-0.15, -0.1) is 0 Å². The zero-order chi connectivity index (χ0) is 19.1. The van der Waals surface area contributed by atoms with Crippen LogP contribution in [0.15, 0.2) is 71.6 Å². The van der Waals surface area contributed by atoms with Crippen LogP contribution in [0, 0.1) is 0 Å². The Hall–Kier alpha value is -2.79. The number of anilines is 2. The van der Waals surface area contributed by atoms with Crippen LogP contribution in [0.5, 0.6) is 0 Å². The molecule has 3 aromatic rings. The van der Waals surface area contributed by atoms with Gasteiger partial charge in [0.25, 0.3) is 10.0 Å². The zero-order valence-corrected chi connectivity index (χ0v) is 16.4. The summed E-state index contributed by atoms with van der Waals surface area (Å²) in [6, 6.07) is 21.4. The zero-order valence-electron chi connectivity index (χ0n) is 15.6. The van der Waals surface area contributed by atoms with Gasteiger partial charge < -0.3 is 4.90 Å². The van der Waals surface area contributed by atoms with E-state index in [1.54, 1.807) is 12.1 Å². The number of nitrogens with zero attached hydrogens (tertiary/aromatic N) is 1. The van der Waals surface area contributed by atoms with Crippen LogP contribution in [-0.4, -0.2) is 21.5 Å². The summed E-state index contributed by atoms with van der Waals surface area (Å²) in [5.41, 5.74) is 6.32. The van der Waals surface area contributed by atoms with Crippen molar-refractivity contribution in [2.75, 3.05) is 22.7 Å². The molecule has 5 rings (SSSR count). The molecule has 0 aromatic heterocycles. The minimum atomic E-state index is -3.63. The summed E-state index contributed by atoms with van der Waals surface area (Å²) >= 11 is 0. The minimum Gasteiger partial charge on any atom is -0.371 e. The predicted molar refractivity (Wildman–Crippen MR) is 113 cm³/mol. The maximum absolute atomic E-state index is 13.0. The molecule has 0 unspecified atom stereocenters. The van der Waals surface area contributed by atoms with Gasteiger partial charge in [0.15, 0.2) is 0 Å². The van der Waals surface area contributed by atoms with Gasteiger partial charge in [0.05, 0.1) is 10.6 Å². The molecule has 1 fully saturated rings. The van der Waals surface area contributed by atoms with Crippen molar-refractivity contribution in [2.24, 2.45) is 0 Å². The second kappa shape index (κ2) is 6.67. The van der Waals surface area contributed by atoms with Crippen molar-refractivity contribution in [2.45, 2.75) is 24.2 Å². The highest BCUT2D eigenvalue weighted by Crippen LogP contribution is 2.37. The Bertz CT molecular complexity index is 1150. The number of rotatable bonds is 4. The van der Waals surface area contributed by atoms with E-state index in [0.717, 1.165) is 36.3 Å². The maximum Gasteiger partial charge on any atom is 0.261 e. The molecule has 0 spiro atoms. The van der Waals surface area contributed by atoms with Gasteiger partial charge in [0, 0.05) is 18.8 Å². The van der Waals surface area contributed by atoms with Crippen molar-refractivity contribution in [3.63, 3.8) is 0 Å². The second-order valence-corrected chi connectivity index (χ2v) is 9.19. The minimum absolute atomic E-state index is 0.311. The molecule has 0 bridgehead atoms. The topological polar surface area (TPSA) is 49.4 Å². The van der Waals surface area contributed by atoms with E-state index in [1.807, 2.05) is 42.5 Å². The van der Waals surface area contributed by atoms with E-state index in [4.69, 9.17) is 0 Å². The molecule has 28 heavy (non-hydrogen) atoms. The van der Waals surface area contributed by atoms with Crippen LogP contribution in [-0.2, 0) is 16.4 Å². The number of nitrogens with one attached hydrogen (secondary N) is 1. The summed E-state index contributed by atoms with van der Waals surface area (Å²) in [5.74, 6) is 0. The molecule has 0 atom stereocenters. The summed E-state index contributed by atoms with van der Waals surface area (Å²) in [7, 11) is -3.63. The van der Waals surface area contributed by atoms with Gasteiger partial charge in [0.1, 0.15) is 0 Å². The molecule has 1 heterocycles. The lowest BCUT2D eigenvalue weighted by atomic mass is 10.1. The summed E-state index contributed by atoms with van der Waals surface area (Å²) in [6.45, 7) is 2.06. The highest BCUT2D eigenvalue weighted by molar-refractivity contribution is 7.92. The van der Waals surface area contributed by atoms with Crippen molar-refractivity contribution < 1.29 is 8.42 Å². The third-order valence-electron chi connectivity index (χ3n) is 5.65. The van der Waals surface area contributed by atoms with Gasteiger partial charge in [-0.25, -0.2) is 8.42 Å². The third-order valence-corrected chi connectivity index (χ3v) is 7.02. The first-order chi connectivity index (χ1) is 13.6. The molecule has 0 amide bonds. The van der Waals surface area contributed by atoms with Crippen LogP contribution in [0.3, 0.4) is 0 Å². The molecular formula is C23H22N2O2S. The Kier molecular flexibility index (Phi) is 4.13. The maximum atomic E-state index is 13.0. The molecule has 0 saturated carbocycles. The van der Waals surface area contributed by atoms with Crippen LogP contribution in [0.4, 0.5) is 11.4 Å². The van der Waals surface area contributed by atoms with E-state index in [-0.39, 0.29) is 0 Å². The lowest BCUT2D eigenvalue weighted by Gasteiger charge is -2.18. The average molecular weight is 391 g/mol. The smallest absolute Gasteiger partial charge is 0.261 e. The van der Waals surface area contributed by atoms with E-state index >= 15 is 0 Å². The number of sulfonamides is 1. The number of hydrogen-bond donors (Lipinski definition) is 1. The van der Waals surface area contributed by atoms with E-state index in [2.05, 4.69) is 21.8 Å². The quantitative estimate of drug-likeness (QED) is 0.551. The highest BCUT2D eigenvalue weighted by atomic mass is 32.2. The number of fused-ring (bicyclic) bond motifs is 3. The van der Waals surface area contributed by atoms with Gasteiger partial charge >= 0.3 is 0 Å². The third kappa shape index (κ3) is 3.06. The highest BCUT2D eigenvalue weighted by Gasteiger charge is 2.22. The van der Waals surface area contributed by atoms with Gasteiger partial charge in [0.2, 0.25) is 0 Å². The monoisotopic (exact) mass is 390 g/mol. The summed E-state index contributed by atoms with van der Waals surface area (Å²) in [6.07, 6.45) is 3.15. The number of benzene rings is 3. The Morgan fingerprint density at radius 2 is 1.57 bits per heavy atom. The van der Waals surface area contributed by atoms with E-state index in [9.17, 15) is 8.42 Å². The van der Waals surface area contributed by atoms with Crippen molar-refractivity contribution in [3.05, 3.63) is 77.9 Å². The first-order valence-corrected chi connectivity index (χ1v) is 11.2. The van der Waals surface area contributed by atoms with Crippen molar-refractivity contribution in [1.82, 2.24) is 0 Å². The Labute approximate surface area is 165 Å². The Morgan fingerprint density at radius 3 is 2.43 bits per heavy atom. The van der Waals surface area contributed by atoms with Gasteiger partial charge in [-0.3, -0.25) is 4.72 Å². The molecule has 3 aromatic carbocycles. The molecule has 4 nitrogen and oxygen atoms in total. The van der Waals surface area contributed by atoms with Crippen molar-refractivity contribution in [1.29, 1.82) is 0 Å². The van der Waals surface area contributed by atoms with Crippen LogP contribution in [0.25, 0.3) is 11.1 Å². The molecule has 142 valence electrons. The molecule has 1 aliphatic heterocycles.